The largest absolute Gasteiger partial charge is 0.360 e. The highest BCUT2D eigenvalue weighted by molar-refractivity contribution is 7.92. The summed E-state index contributed by atoms with van der Waals surface area (Å²) in [6.07, 6.45) is 1.64. The second-order valence-electron chi connectivity index (χ2n) is 5.87. The molecule has 1 aromatic carbocycles. The molecule has 24 heavy (non-hydrogen) atoms. The number of nitrogens with zero attached hydrogens (tertiary/aromatic N) is 3. The molecule has 1 aliphatic rings. The molecule has 2 aromatic rings. The Hall–Kier alpha value is -1.96. The second-order valence-corrected chi connectivity index (χ2v) is 7.69. The van der Waals surface area contributed by atoms with Gasteiger partial charge in [-0.1, -0.05) is 35.5 Å². The van der Waals surface area contributed by atoms with Crippen LogP contribution in [-0.2, 0) is 16.6 Å². The van der Waals surface area contributed by atoms with E-state index in [1.165, 1.54) is 9.71 Å². The lowest BCUT2D eigenvalue weighted by Crippen LogP contribution is -2.47. The molecule has 0 bridgehead atoms. The number of rotatable bonds is 5. The molecule has 128 valence electrons. The standard InChI is InChI=1S/C17H21N3O3S/c1-15-13-17(23-18-15)14-19-8-10-20(11-9-19)24(21,22)12-7-16-5-3-2-4-6-16/h2-7,12-13H,8-11,14H2,1H3/b12-7+. The van der Waals surface area contributed by atoms with Gasteiger partial charge in [-0.3, -0.25) is 4.90 Å². The van der Waals surface area contributed by atoms with E-state index in [9.17, 15) is 8.42 Å². The van der Waals surface area contributed by atoms with Crippen LogP contribution in [0.15, 0.2) is 46.3 Å². The summed E-state index contributed by atoms with van der Waals surface area (Å²) in [5.41, 5.74) is 1.73. The number of aromatic nitrogens is 1. The maximum Gasteiger partial charge on any atom is 0.236 e. The minimum absolute atomic E-state index is 0.481. The van der Waals surface area contributed by atoms with Crippen LogP contribution in [-0.4, -0.2) is 49.0 Å². The van der Waals surface area contributed by atoms with E-state index in [0.717, 1.165) is 17.0 Å². The molecule has 1 aliphatic heterocycles. The average Bonchev–Trinajstić information content (AvgIpc) is 2.99. The number of sulfonamides is 1. The van der Waals surface area contributed by atoms with Crippen LogP contribution in [0.3, 0.4) is 0 Å². The third-order valence-electron chi connectivity index (χ3n) is 3.98. The van der Waals surface area contributed by atoms with Gasteiger partial charge in [0.1, 0.15) is 0 Å². The average molecular weight is 347 g/mol. The Morgan fingerprint density at radius 2 is 1.88 bits per heavy atom. The van der Waals surface area contributed by atoms with Gasteiger partial charge >= 0.3 is 0 Å². The van der Waals surface area contributed by atoms with E-state index >= 15 is 0 Å². The van der Waals surface area contributed by atoms with Gasteiger partial charge < -0.3 is 4.52 Å². The van der Waals surface area contributed by atoms with Gasteiger partial charge in [-0.05, 0) is 18.6 Å². The summed E-state index contributed by atoms with van der Waals surface area (Å²) in [5, 5.41) is 5.16. The monoisotopic (exact) mass is 347 g/mol. The lowest BCUT2D eigenvalue weighted by molar-refractivity contribution is 0.166. The van der Waals surface area contributed by atoms with Crippen LogP contribution >= 0.6 is 0 Å². The number of benzene rings is 1. The van der Waals surface area contributed by atoms with Crippen molar-refractivity contribution in [2.24, 2.45) is 0 Å². The minimum Gasteiger partial charge on any atom is -0.360 e. The number of piperazine rings is 1. The van der Waals surface area contributed by atoms with Gasteiger partial charge in [0.2, 0.25) is 10.0 Å². The fourth-order valence-corrected chi connectivity index (χ4v) is 3.84. The summed E-state index contributed by atoms with van der Waals surface area (Å²) in [6, 6.07) is 11.3. The van der Waals surface area contributed by atoms with Gasteiger partial charge in [-0.25, -0.2) is 8.42 Å². The fraction of sp³-hybridized carbons (Fsp3) is 0.353. The van der Waals surface area contributed by atoms with Gasteiger partial charge in [0, 0.05) is 37.7 Å². The molecule has 0 saturated carbocycles. The molecular formula is C17H21N3O3S. The zero-order valence-electron chi connectivity index (χ0n) is 13.6. The molecular weight excluding hydrogens is 326 g/mol. The smallest absolute Gasteiger partial charge is 0.236 e. The van der Waals surface area contributed by atoms with Gasteiger partial charge in [0.15, 0.2) is 5.76 Å². The molecule has 1 fully saturated rings. The van der Waals surface area contributed by atoms with E-state index < -0.39 is 10.0 Å². The number of hydrogen-bond donors (Lipinski definition) is 0. The van der Waals surface area contributed by atoms with Crippen molar-refractivity contribution in [2.45, 2.75) is 13.5 Å². The van der Waals surface area contributed by atoms with E-state index in [1.54, 1.807) is 6.08 Å². The molecule has 0 aliphatic carbocycles. The lowest BCUT2D eigenvalue weighted by atomic mass is 10.2. The molecule has 0 spiro atoms. The molecule has 6 nitrogen and oxygen atoms in total. The van der Waals surface area contributed by atoms with Crippen molar-refractivity contribution >= 4 is 16.1 Å². The summed E-state index contributed by atoms with van der Waals surface area (Å²) in [4.78, 5) is 2.17. The number of hydrogen-bond acceptors (Lipinski definition) is 5. The summed E-state index contributed by atoms with van der Waals surface area (Å²) in [7, 11) is -3.38. The molecule has 0 atom stereocenters. The first-order valence-electron chi connectivity index (χ1n) is 7.91. The van der Waals surface area contributed by atoms with Gasteiger partial charge in [0.25, 0.3) is 0 Å². The van der Waals surface area contributed by atoms with Gasteiger partial charge in [-0.2, -0.15) is 4.31 Å². The van der Waals surface area contributed by atoms with Crippen LogP contribution in [0.25, 0.3) is 6.08 Å². The van der Waals surface area contributed by atoms with Crippen LogP contribution in [0.5, 0.6) is 0 Å². The maximum atomic E-state index is 12.4. The first kappa shape index (κ1) is 16.9. The Labute approximate surface area is 142 Å². The quantitative estimate of drug-likeness (QED) is 0.829. The van der Waals surface area contributed by atoms with E-state index in [4.69, 9.17) is 4.52 Å². The van der Waals surface area contributed by atoms with E-state index in [0.29, 0.717) is 32.7 Å². The summed E-state index contributed by atoms with van der Waals surface area (Å²) in [5.74, 6) is 0.813. The third kappa shape index (κ3) is 4.31. The van der Waals surface area contributed by atoms with Crippen molar-refractivity contribution in [2.75, 3.05) is 26.2 Å². The molecule has 0 unspecified atom stereocenters. The summed E-state index contributed by atoms with van der Waals surface area (Å²) in [6.45, 7) is 4.87. The van der Waals surface area contributed by atoms with Crippen LogP contribution in [0.4, 0.5) is 0 Å². The Morgan fingerprint density at radius 1 is 1.17 bits per heavy atom. The molecule has 1 saturated heterocycles. The molecule has 0 N–H and O–H groups in total. The highest BCUT2D eigenvalue weighted by Gasteiger charge is 2.25. The third-order valence-corrected chi connectivity index (χ3v) is 5.54. The minimum atomic E-state index is -3.38. The summed E-state index contributed by atoms with van der Waals surface area (Å²) < 4.78 is 31.6. The Kier molecular flexibility index (Phi) is 5.13. The first-order chi connectivity index (χ1) is 11.5. The van der Waals surface area contributed by atoms with E-state index in [-0.39, 0.29) is 0 Å². The zero-order valence-corrected chi connectivity index (χ0v) is 14.4. The SMILES string of the molecule is Cc1cc(CN2CCN(S(=O)(=O)/C=C/c3ccccc3)CC2)on1. The second kappa shape index (κ2) is 7.29. The van der Waals surface area contributed by atoms with Crippen molar-refractivity contribution in [1.29, 1.82) is 0 Å². The maximum absolute atomic E-state index is 12.4. The number of aryl methyl sites for hydroxylation is 1. The van der Waals surface area contributed by atoms with Crippen molar-refractivity contribution in [1.82, 2.24) is 14.4 Å². The molecule has 1 aromatic heterocycles. The van der Waals surface area contributed by atoms with Gasteiger partial charge in [0.05, 0.1) is 12.2 Å². The fourth-order valence-electron chi connectivity index (χ4n) is 2.67. The van der Waals surface area contributed by atoms with Crippen LogP contribution in [0.2, 0.25) is 0 Å². The van der Waals surface area contributed by atoms with Crippen LogP contribution in [0.1, 0.15) is 17.0 Å². The zero-order chi connectivity index (χ0) is 17.0. The molecule has 3 rings (SSSR count). The topological polar surface area (TPSA) is 66.7 Å². The van der Waals surface area contributed by atoms with E-state index in [1.807, 2.05) is 43.3 Å². The normalized spacial score (nSPS) is 17.5. The Balaban J connectivity index is 1.56. The Bertz CT molecular complexity index is 791. The molecule has 2 heterocycles. The molecule has 0 amide bonds. The van der Waals surface area contributed by atoms with Crippen molar-refractivity contribution in [3.8, 4) is 0 Å². The highest BCUT2D eigenvalue weighted by Crippen LogP contribution is 2.14. The van der Waals surface area contributed by atoms with Crippen LogP contribution < -0.4 is 0 Å². The first-order valence-corrected chi connectivity index (χ1v) is 9.41. The van der Waals surface area contributed by atoms with Crippen molar-refractivity contribution in [3.63, 3.8) is 0 Å². The predicted molar refractivity (Wildman–Crippen MR) is 92.5 cm³/mol. The molecule has 0 radical (unpaired) electrons. The van der Waals surface area contributed by atoms with Crippen molar-refractivity contribution < 1.29 is 12.9 Å². The highest BCUT2D eigenvalue weighted by atomic mass is 32.2. The van der Waals surface area contributed by atoms with Crippen LogP contribution in [0, 0.1) is 6.92 Å². The predicted octanol–water partition coefficient (Wildman–Crippen LogP) is 2.10. The lowest BCUT2D eigenvalue weighted by Gasteiger charge is -2.32. The Morgan fingerprint density at radius 3 is 2.50 bits per heavy atom. The van der Waals surface area contributed by atoms with Gasteiger partial charge in [-0.15, -0.1) is 0 Å². The summed E-state index contributed by atoms with van der Waals surface area (Å²) >= 11 is 0. The van der Waals surface area contributed by atoms with Crippen molar-refractivity contribution in [3.05, 3.63) is 58.8 Å². The molecule has 7 heteroatoms. The van der Waals surface area contributed by atoms with E-state index in [2.05, 4.69) is 10.1 Å².